The number of fused-ring (bicyclic) bond motifs is 5. The van der Waals surface area contributed by atoms with Gasteiger partial charge in [-0.15, -0.1) is 0 Å². The second-order valence-electron chi connectivity index (χ2n) is 9.30. The van der Waals surface area contributed by atoms with Gasteiger partial charge in [0.05, 0.1) is 0 Å². The van der Waals surface area contributed by atoms with Crippen molar-refractivity contribution in [3.8, 4) is 22.5 Å². The molecule has 4 nitrogen and oxygen atoms in total. The molecule has 1 spiro atoms. The normalized spacial score (nSPS) is 16.8. The Hall–Kier alpha value is -2.59. The number of rotatable bonds is 2. The molecule has 0 bridgehead atoms. The van der Waals surface area contributed by atoms with Gasteiger partial charge in [0.25, 0.3) is 0 Å². The fourth-order valence-electron chi connectivity index (χ4n) is 5.81. The summed E-state index contributed by atoms with van der Waals surface area (Å²) >= 11 is 0.157. The molecule has 1 aliphatic carbocycles. The molecular formula is C30H24I2N2O2+2. The maximum atomic E-state index is 13.5. The van der Waals surface area contributed by atoms with E-state index in [1.165, 1.54) is 40.5 Å². The molecule has 178 valence electrons. The van der Waals surface area contributed by atoms with Crippen LogP contribution in [0, 0.1) is 7.14 Å². The quantitative estimate of drug-likeness (QED) is 0.0893. The number of para-hydroxylation sites is 1. The zero-order chi connectivity index (χ0) is 24.3. The van der Waals surface area contributed by atoms with Crippen LogP contribution in [-0.2, 0) is 3.55 Å². The van der Waals surface area contributed by atoms with E-state index in [2.05, 4.69) is 96.9 Å². The molecule has 0 amide bonds. The molecule has 1 aliphatic heterocycles. The number of hydrogen-bond acceptors (Lipinski definition) is 2. The molecule has 4 heterocycles. The molecule has 3 aromatic heterocycles. The van der Waals surface area contributed by atoms with Crippen molar-refractivity contribution in [2.45, 2.75) is 29.2 Å². The summed E-state index contributed by atoms with van der Waals surface area (Å²) in [6.45, 7) is 0. The maximum absolute atomic E-state index is 13.5. The zero-order valence-electron chi connectivity index (χ0n) is 19.5. The molecule has 7 rings (SSSR count). The summed E-state index contributed by atoms with van der Waals surface area (Å²) in [4.78, 5) is 13.5. The van der Waals surface area contributed by atoms with Crippen molar-refractivity contribution in [2.24, 2.45) is 0 Å². The Kier molecular flexibility index (Phi) is 5.50. The van der Waals surface area contributed by atoms with E-state index in [4.69, 9.17) is 4.42 Å². The minimum atomic E-state index is -2.18. The average molecular weight is 698 g/mol. The van der Waals surface area contributed by atoms with Crippen molar-refractivity contribution in [3.63, 3.8) is 0 Å². The van der Waals surface area contributed by atoms with Crippen LogP contribution in [0.5, 0.6) is 0 Å². The first-order chi connectivity index (χ1) is 17.7. The van der Waals surface area contributed by atoms with Gasteiger partial charge in [-0.05, 0) is 0 Å². The molecule has 36 heavy (non-hydrogen) atoms. The van der Waals surface area contributed by atoms with Gasteiger partial charge in [-0.25, -0.2) is 0 Å². The molecular weight excluding hydrogens is 674 g/mol. The summed E-state index contributed by atoms with van der Waals surface area (Å²) in [7, 11) is 0. The van der Waals surface area contributed by atoms with Gasteiger partial charge in [-0.3, -0.25) is 0 Å². The van der Waals surface area contributed by atoms with Gasteiger partial charge in [-0.2, -0.15) is 0 Å². The summed E-state index contributed by atoms with van der Waals surface area (Å²) in [5, 5.41) is 0.978. The molecule has 0 unspecified atom stereocenters. The molecule has 0 saturated heterocycles. The van der Waals surface area contributed by atoms with Gasteiger partial charge < -0.3 is 0 Å². The standard InChI is InChI=1S/C30H24I2N2O2/c31-28-22-12-2-4-16-26(22)36-29(35)27(28)25-15-6-10-20-34(25)32-23-13-3-1-11-21(23)24-14-5-9-19-33(24)30(32)17-7-8-18-30/h1-6,9-16,19-20H,7-8,17-18H2/q+2. The van der Waals surface area contributed by atoms with Crippen LogP contribution in [0.15, 0.2) is 107 Å². The molecule has 5 aromatic rings. The third-order valence-corrected chi connectivity index (χ3v) is 15.9. The Morgan fingerprint density at radius 2 is 1.50 bits per heavy atom. The van der Waals surface area contributed by atoms with Crippen molar-refractivity contribution < 1.29 is 11.8 Å². The second kappa shape index (κ2) is 8.76. The fraction of sp³-hybridized carbons (Fsp3) is 0.167. The molecule has 0 N–H and O–H groups in total. The Morgan fingerprint density at radius 1 is 0.806 bits per heavy atom. The molecule has 1 saturated carbocycles. The Morgan fingerprint density at radius 3 is 2.36 bits per heavy atom. The minimum absolute atomic E-state index is 0.0537. The predicted molar refractivity (Wildman–Crippen MR) is 157 cm³/mol. The van der Waals surface area contributed by atoms with Crippen LogP contribution in [0.2, 0.25) is 0 Å². The molecule has 0 radical (unpaired) electrons. The van der Waals surface area contributed by atoms with Gasteiger partial charge in [0.2, 0.25) is 0 Å². The third-order valence-electron chi connectivity index (χ3n) is 7.34. The van der Waals surface area contributed by atoms with E-state index in [9.17, 15) is 4.79 Å². The van der Waals surface area contributed by atoms with E-state index < -0.39 is 20.1 Å². The molecule has 0 atom stereocenters. The zero-order valence-corrected chi connectivity index (χ0v) is 23.8. The SMILES string of the molecule is O=c1oc2ccccc2c(I)c1-c1cccc[n+]1I1c2ccccc2-c2cccc[n+]2C12CCCC2. The van der Waals surface area contributed by atoms with Gasteiger partial charge in [0, 0.05) is 0 Å². The molecule has 1 fully saturated rings. The second-order valence-corrected chi connectivity index (χ2v) is 16.1. The number of benzene rings is 2. The average Bonchev–Trinajstić information content (AvgIpc) is 3.40. The molecule has 2 aromatic carbocycles. The van der Waals surface area contributed by atoms with E-state index in [1.54, 1.807) is 0 Å². The first kappa shape index (κ1) is 22.6. The van der Waals surface area contributed by atoms with Crippen LogP contribution in [0.3, 0.4) is 0 Å². The Labute approximate surface area is 230 Å². The van der Waals surface area contributed by atoms with Crippen LogP contribution in [0.25, 0.3) is 33.5 Å². The summed E-state index contributed by atoms with van der Waals surface area (Å²) in [6, 6.07) is 29.6. The van der Waals surface area contributed by atoms with Gasteiger partial charge in [0.1, 0.15) is 0 Å². The van der Waals surface area contributed by atoms with Crippen LogP contribution >= 0.6 is 42.7 Å². The number of aromatic nitrogens is 2. The van der Waals surface area contributed by atoms with Crippen molar-refractivity contribution in [2.75, 3.05) is 0 Å². The number of nitrogens with zero attached hydrogens (tertiary/aromatic N) is 2. The molecule has 2 aliphatic rings. The first-order valence-corrected chi connectivity index (χ1v) is 16.4. The van der Waals surface area contributed by atoms with Gasteiger partial charge >= 0.3 is 232 Å². The van der Waals surface area contributed by atoms with Gasteiger partial charge in [-0.1, -0.05) is 0 Å². The summed E-state index contributed by atoms with van der Waals surface area (Å²) in [5.74, 6) is 0. The van der Waals surface area contributed by atoms with Gasteiger partial charge in [0.15, 0.2) is 0 Å². The fourth-order valence-corrected chi connectivity index (χ4v) is 15.0. The van der Waals surface area contributed by atoms with Crippen molar-refractivity contribution in [3.05, 3.63) is 115 Å². The van der Waals surface area contributed by atoms with E-state index in [0.717, 1.165) is 14.7 Å². The summed E-state index contributed by atoms with van der Waals surface area (Å²) < 4.78 is 13.4. The van der Waals surface area contributed by atoms with E-state index >= 15 is 0 Å². The number of alkyl halides is 1. The Balaban J connectivity index is 1.55. The first-order valence-electron chi connectivity index (χ1n) is 12.2. The van der Waals surface area contributed by atoms with E-state index in [0.29, 0.717) is 11.1 Å². The number of pyridine rings is 2. The van der Waals surface area contributed by atoms with Crippen LogP contribution in [0.4, 0.5) is 0 Å². The van der Waals surface area contributed by atoms with Crippen LogP contribution in [0.1, 0.15) is 25.7 Å². The number of hydrogen-bond donors (Lipinski definition) is 0. The van der Waals surface area contributed by atoms with Crippen LogP contribution < -0.4 is 13.0 Å². The van der Waals surface area contributed by atoms with Crippen LogP contribution in [-0.4, -0.2) is 0 Å². The predicted octanol–water partition coefficient (Wildman–Crippen LogP) is 6.69. The molecule has 6 heteroatoms. The monoisotopic (exact) mass is 698 g/mol. The van der Waals surface area contributed by atoms with E-state index in [1.807, 2.05) is 30.3 Å². The van der Waals surface area contributed by atoms with Crippen molar-refractivity contribution >= 4 is 53.7 Å². The van der Waals surface area contributed by atoms with E-state index in [-0.39, 0.29) is 9.17 Å². The van der Waals surface area contributed by atoms with Crippen molar-refractivity contribution in [1.29, 1.82) is 0 Å². The summed E-state index contributed by atoms with van der Waals surface area (Å²) in [6.07, 6.45) is 9.30. The topological polar surface area (TPSA) is 38.0 Å². The Bertz CT molecular complexity index is 1710. The third kappa shape index (κ3) is 3.26. The number of halogens is 2. The van der Waals surface area contributed by atoms with Crippen molar-refractivity contribution in [1.82, 2.24) is 0 Å². The summed E-state index contributed by atoms with van der Waals surface area (Å²) in [5.41, 5.74) is 4.63.